The first kappa shape index (κ1) is 20.7. The van der Waals surface area contributed by atoms with Crippen molar-refractivity contribution in [2.75, 3.05) is 5.32 Å². The van der Waals surface area contributed by atoms with Crippen molar-refractivity contribution in [1.82, 2.24) is 5.32 Å². The fourth-order valence-corrected chi connectivity index (χ4v) is 3.03. The average molecular weight is 406 g/mol. The largest absolute Gasteiger partial charge is 0.479 e. The number of carbonyl (C=O) groups is 3. The maximum Gasteiger partial charge on any atom is 0.334 e. The van der Waals surface area contributed by atoms with Gasteiger partial charge in [-0.2, -0.15) is 0 Å². The smallest absolute Gasteiger partial charge is 0.334 e. The molecular weight excluding hydrogens is 387 g/mol. The molecule has 0 aliphatic heterocycles. The topological polar surface area (TPSA) is 95.5 Å². The molecule has 3 rings (SSSR count). The Morgan fingerprint density at radius 2 is 1.40 bits per heavy atom. The molecule has 3 aromatic carbocycles. The molecule has 0 bridgehead atoms. The van der Waals surface area contributed by atoms with Gasteiger partial charge in [-0.3, -0.25) is 9.59 Å². The van der Waals surface area contributed by atoms with Gasteiger partial charge in [0.1, 0.15) is 5.82 Å². The van der Waals surface area contributed by atoms with Crippen LogP contribution in [0.3, 0.4) is 0 Å². The standard InChI is InChI=1S/C23H19FN2O4/c24-18-11-13-19(14-12-18)25-20(27)15-23(22(29)30,17-9-5-2-6-10-17)26-21(28)16-7-3-1-4-8-16/h1-14H,15H2,(H,25,27)(H,26,28)(H,29,30). The molecule has 0 aromatic heterocycles. The molecule has 0 spiro atoms. The highest BCUT2D eigenvalue weighted by molar-refractivity contribution is 6.01. The van der Waals surface area contributed by atoms with Gasteiger partial charge in [-0.1, -0.05) is 48.5 Å². The Bertz CT molecular complexity index is 1040. The van der Waals surface area contributed by atoms with E-state index in [0.29, 0.717) is 5.69 Å². The summed E-state index contributed by atoms with van der Waals surface area (Å²) >= 11 is 0. The van der Waals surface area contributed by atoms with Crippen LogP contribution < -0.4 is 10.6 Å². The summed E-state index contributed by atoms with van der Waals surface area (Å²) in [4.78, 5) is 37.8. The highest BCUT2D eigenvalue weighted by Crippen LogP contribution is 2.27. The third-order valence-electron chi connectivity index (χ3n) is 4.55. The highest BCUT2D eigenvalue weighted by Gasteiger charge is 2.44. The number of nitrogens with one attached hydrogen (secondary N) is 2. The van der Waals surface area contributed by atoms with Crippen LogP contribution in [0.5, 0.6) is 0 Å². The molecule has 2 amide bonds. The lowest BCUT2D eigenvalue weighted by molar-refractivity contribution is -0.147. The van der Waals surface area contributed by atoms with E-state index in [1.54, 1.807) is 48.5 Å². The van der Waals surface area contributed by atoms with Crippen molar-refractivity contribution in [3.8, 4) is 0 Å². The number of aliphatic carboxylic acids is 1. The number of halogens is 1. The van der Waals surface area contributed by atoms with E-state index >= 15 is 0 Å². The van der Waals surface area contributed by atoms with Crippen molar-refractivity contribution in [3.63, 3.8) is 0 Å². The van der Waals surface area contributed by atoms with E-state index in [0.717, 1.165) is 0 Å². The van der Waals surface area contributed by atoms with Crippen molar-refractivity contribution in [2.24, 2.45) is 0 Å². The quantitative estimate of drug-likeness (QED) is 0.559. The van der Waals surface area contributed by atoms with Gasteiger partial charge in [0.05, 0.1) is 6.42 Å². The molecule has 7 heteroatoms. The van der Waals surface area contributed by atoms with Crippen molar-refractivity contribution in [1.29, 1.82) is 0 Å². The minimum Gasteiger partial charge on any atom is -0.479 e. The van der Waals surface area contributed by atoms with E-state index in [1.165, 1.54) is 36.4 Å². The summed E-state index contributed by atoms with van der Waals surface area (Å²) in [7, 11) is 0. The van der Waals surface area contributed by atoms with Crippen LogP contribution in [0.25, 0.3) is 0 Å². The molecule has 0 aliphatic rings. The molecule has 0 radical (unpaired) electrons. The molecule has 6 nitrogen and oxygen atoms in total. The minimum absolute atomic E-state index is 0.246. The molecule has 30 heavy (non-hydrogen) atoms. The van der Waals surface area contributed by atoms with Crippen molar-refractivity contribution >= 4 is 23.5 Å². The molecule has 1 unspecified atom stereocenters. The number of carboxylic acid groups (broad SMARTS) is 1. The first-order chi connectivity index (χ1) is 14.4. The van der Waals surface area contributed by atoms with Gasteiger partial charge in [0.15, 0.2) is 5.54 Å². The number of carbonyl (C=O) groups excluding carboxylic acids is 2. The molecule has 0 aliphatic carbocycles. The Morgan fingerprint density at radius 3 is 1.97 bits per heavy atom. The van der Waals surface area contributed by atoms with Gasteiger partial charge >= 0.3 is 5.97 Å². The molecule has 1 atom stereocenters. The van der Waals surface area contributed by atoms with Crippen LogP contribution in [0.4, 0.5) is 10.1 Å². The molecule has 0 fully saturated rings. The SMILES string of the molecule is O=C(CC(NC(=O)c1ccccc1)(C(=O)O)c1ccccc1)Nc1ccc(F)cc1. The fraction of sp³-hybridized carbons (Fsp3) is 0.0870. The van der Waals surface area contributed by atoms with Gasteiger partial charge in [-0.05, 0) is 42.0 Å². The van der Waals surface area contributed by atoms with Crippen LogP contribution in [0, 0.1) is 5.82 Å². The summed E-state index contributed by atoms with van der Waals surface area (Å²) in [6.45, 7) is 0. The summed E-state index contributed by atoms with van der Waals surface area (Å²) in [5.74, 6) is -3.13. The molecular formula is C23H19FN2O4. The summed E-state index contributed by atoms with van der Waals surface area (Å²) < 4.78 is 13.1. The molecule has 3 N–H and O–H groups in total. The van der Waals surface area contributed by atoms with E-state index in [4.69, 9.17) is 0 Å². The maximum absolute atomic E-state index is 13.1. The van der Waals surface area contributed by atoms with Crippen LogP contribution in [-0.4, -0.2) is 22.9 Å². The van der Waals surface area contributed by atoms with E-state index in [1.807, 2.05) is 0 Å². The number of carboxylic acids is 1. The number of hydrogen-bond acceptors (Lipinski definition) is 3. The zero-order valence-electron chi connectivity index (χ0n) is 15.8. The zero-order chi connectivity index (χ0) is 21.6. The van der Waals surface area contributed by atoms with Crippen molar-refractivity contribution < 1.29 is 23.9 Å². The second-order valence-electron chi connectivity index (χ2n) is 6.63. The molecule has 3 aromatic rings. The van der Waals surface area contributed by atoms with E-state index < -0.39 is 35.6 Å². The van der Waals surface area contributed by atoms with Gasteiger partial charge in [0.2, 0.25) is 5.91 Å². The van der Waals surface area contributed by atoms with Crippen LogP contribution in [0.15, 0.2) is 84.9 Å². The van der Waals surface area contributed by atoms with Gasteiger partial charge < -0.3 is 15.7 Å². The molecule has 0 saturated carbocycles. The predicted octanol–water partition coefficient (Wildman–Crippen LogP) is 3.56. The van der Waals surface area contributed by atoms with Crippen LogP contribution in [0.1, 0.15) is 22.3 Å². The molecule has 152 valence electrons. The lowest BCUT2D eigenvalue weighted by Gasteiger charge is -2.30. The van der Waals surface area contributed by atoms with E-state index in [-0.39, 0.29) is 11.1 Å². The van der Waals surface area contributed by atoms with E-state index in [2.05, 4.69) is 10.6 Å². The summed E-state index contributed by atoms with van der Waals surface area (Å²) in [6.07, 6.45) is -0.567. The second-order valence-corrected chi connectivity index (χ2v) is 6.63. The lowest BCUT2D eigenvalue weighted by Crippen LogP contribution is -2.53. The Hall–Kier alpha value is -4.00. The normalized spacial score (nSPS) is 12.4. The Morgan fingerprint density at radius 1 is 0.833 bits per heavy atom. The van der Waals surface area contributed by atoms with Gasteiger partial charge in [-0.25, -0.2) is 9.18 Å². The van der Waals surface area contributed by atoms with Crippen molar-refractivity contribution in [2.45, 2.75) is 12.0 Å². The first-order valence-electron chi connectivity index (χ1n) is 9.12. The second kappa shape index (κ2) is 9.00. The lowest BCUT2D eigenvalue weighted by atomic mass is 9.85. The van der Waals surface area contributed by atoms with Gasteiger partial charge in [0, 0.05) is 11.3 Å². The Kier molecular flexibility index (Phi) is 6.22. The van der Waals surface area contributed by atoms with Gasteiger partial charge in [-0.15, -0.1) is 0 Å². The highest BCUT2D eigenvalue weighted by atomic mass is 19.1. The number of amides is 2. The third-order valence-corrected chi connectivity index (χ3v) is 4.55. The molecule has 0 heterocycles. The summed E-state index contributed by atoms with van der Waals surface area (Å²) in [6, 6.07) is 21.2. The molecule has 0 saturated heterocycles. The summed E-state index contributed by atoms with van der Waals surface area (Å²) in [5.41, 5.74) is -1.18. The monoisotopic (exact) mass is 406 g/mol. The van der Waals surface area contributed by atoms with Crippen LogP contribution in [0.2, 0.25) is 0 Å². The third kappa shape index (κ3) is 4.70. The first-order valence-corrected chi connectivity index (χ1v) is 9.12. The fourth-order valence-electron chi connectivity index (χ4n) is 3.03. The van der Waals surface area contributed by atoms with Crippen LogP contribution >= 0.6 is 0 Å². The van der Waals surface area contributed by atoms with Gasteiger partial charge in [0.25, 0.3) is 5.91 Å². The number of benzene rings is 3. The number of anilines is 1. The zero-order valence-corrected chi connectivity index (χ0v) is 15.8. The van der Waals surface area contributed by atoms with Crippen LogP contribution in [-0.2, 0) is 15.1 Å². The number of hydrogen-bond donors (Lipinski definition) is 3. The summed E-state index contributed by atoms with van der Waals surface area (Å²) in [5, 5.41) is 15.2. The average Bonchev–Trinajstić information content (AvgIpc) is 2.76. The predicted molar refractivity (Wildman–Crippen MR) is 109 cm³/mol. The maximum atomic E-state index is 13.1. The van der Waals surface area contributed by atoms with Crippen molar-refractivity contribution in [3.05, 3.63) is 102 Å². The Balaban J connectivity index is 1.93. The Labute approximate surface area is 172 Å². The van der Waals surface area contributed by atoms with E-state index in [9.17, 15) is 23.9 Å². The number of rotatable bonds is 7. The minimum atomic E-state index is -2.00.